The van der Waals surface area contributed by atoms with Gasteiger partial charge in [0, 0.05) is 50.6 Å². The van der Waals surface area contributed by atoms with Gasteiger partial charge >= 0.3 is 0 Å². The summed E-state index contributed by atoms with van der Waals surface area (Å²) >= 11 is 0. The fourth-order valence-corrected chi connectivity index (χ4v) is 2.88. The van der Waals surface area contributed by atoms with E-state index in [1.807, 2.05) is 30.3 Å². The van der Waals surface area contributed by atoms with Crippen LogP contribution in [0.25, 0.3) is 0 Å². The Morgan fingerprint density at radius 1 is 0.875 bits per heavy atom. The Morgan fingerprint density at radius 3 is 2.29 bits per heavy atom. The monoisotopic (exact) mass is 325 g/mol. The number of nitrogens with one attached hydrogen (secondary N) is 1. The number of hydrogen-bond acceptors (Lipinski definition) is 3. The minimum Gasteiger partial charge on any atom is -0.382 e. The van der Waals surface area contributed by atoms with Crippen LogP contribution in [0, 0.1) is 5.82 Å². The molecule has 3 rings (SSSR count). The minimum atomic E-state index is -0.174. The van der Waals surface area contributed by atoms with Crippen LogP contribution >= 0.6 is 0 Å². The summed E-state index contributed by atoms with van der Waals surface area (Å²) in [5, 5.41) is 3.37. The summed E-state index contributed by atoms with van der Waals surface area (Å²) in [7, 11) is 0. The number of anilines is 2. The lowest BCUT2D eigenvalue weighted by Crippen LogP contribution is -2.46. The molecule has 1 aliphatic rings. The summed E-state index contributed by atoms with van der Waals surface area (Å²) in [6, 6.07) is 17.0. The van der Waals surface area contributed by atoms with E-state index in [9.17, 15) is 4.39 Å². The first kappa shape index (κ1) is 16.5. The molecule has 24 heavy (non-hydrogen) atoms. The first-order chi connectivity index (χ1) is 11.8. The highest BCUT2D eigenvalue weighted by Gasteiger charge is 2.15. The van der Waals surface area contributed by atoms with Gasteiger partial charge in [0.1, 0.15) is 5.82 Å². The minimum absolute atomic E-state index is 0.174. The maximum atomic E-state index is 13.0. The van der Waals surface area contributed by atoms with E-state index in [0.717, 1.165) is 50.6 Å². The molecule has 3 nitrogen and oxygen atoms in total. The second-order valence-electron chi connectivity index (χ2n) is 5.98. The number of hydrogen-bond donors (Lipinski definition) is 1. The van der Waals surface area contributed by atoms with Crippen molar-refractivity contribution in [1.82, 2.24) is 4.90 Å². The van der Waals surface area contributed by atoms with Crippen molar-refractivity contribution in [3.63, 3.8) is 0 Å². The van der Waals surface area contributed by atoms with Crippen molar-refractivity contribution in [3.8, 4) is 0 Å². The second kappa shape index (κ2) is 8.50. The van der Waals surface area contributed by atoms with Crippen molar-refractivity contribution in [2.45, 2.75) is 0 Å². The van der Waals surface area contributed by atoms with Gasteiger partial charge in [-0.05, 0) is 36.4 Å². The lowest BCUT2D eigenvalue weighted by atomic mass is 10.2. The van der Waals surface area contributed by atoms with Crippen LogP contribution in [0.5, 0.6) is 0 Å². The van der Waals surface area contributed by atoms with Gasteiger partial charge in [-0.2, -0.15) is 0 Å². The van der Waals surface area contributed by atoms with E-state index in [1.54, 1.807) is 0 Å². The van der Waals surface area contributed by atoms with Gasteiger partial charge in [0.25, 0.3) is 0 Å². The maximum Gasteiger partial charge on any atom is 0.123 e. The molecule has 126 valence electrons. The Hall–Kier alpha value is -2.33. The van der Waals surface area contributed by atoms with E-state index in [-0.39, 0.29) is 5.82 Å². The molecule has 2 aromatic rings. The maximum absolute atomic E-state index is 13.0. The van der Waals surface area contributed by atoms with Crippen molar-refractivity contribution in [1.29, 1.82) is 0 Å². The zero-order valence-electron chi connectivity index (χ0n) is 13.9. The lowest BCUT2D eigenvalue weighted by Gasteiger charge is -2.35. The van der Waals surface area contributed by atoms with Gasteiger partial charge in [-0.25, -0.2) is 4.39 Å². The van der Waals surface area contributed by atoms with Crippen molar-refractivity contribution < 1.29 is 4.39 Å². The molecule has 0 bridgehead atoms. The fraction of sp³-hybridized carbons (Fsp3) is 0.300. The normalized spacial score (nSPS) is 15.8. The van der Waals surface area contributed by atoms with Crippen LogP contribution < -0.4 is 10.2 Å². The molecular weight excluding hydrogens is 301 g/mol. The molecule has 0 radical (unpaired) electrons. The van der Waals surface area contributed by atoms with Gasteiger partial charge in [-0.15, -0.1) is 0 Å². The van der Waals surface area contributed by atoms with Gasteiger partial charge in [-0.1, -0.05) is 30.4 Å². The third-order valence-corrected chi connectivity index (χ3v) is 4.29. The predicted molar refractivity (Wildman–Crippen MR) is 99.1 cm³/mol. The molecule has 1 heterocycles. The lowest BCUT2D eigenvalue weighted by molar-refractivity contribution is 0.284. The highest BCUT2D eigenvalue weighted by atomic mass is 19.1. The first-order valence-electron chi connectivity index (χ1n) is 8.48. The first-order valence-corrected chi connectivity index (χ1v) is 8.48. The topological polar surface area (TPSA) is 18.5 Å². The Labute approximate surface area is 143 Å². The van der Waals surface area contributed by atoms with Crippen LogP contribution in [0.2, 0.25) is 0 Å². The standard InChI is InChI=1S/C20H24FN3/c21-18-8-10-20(11-9-18)24-16-14-23(15-17-24)13-5-4-12-22-19-6-2-1-3-7-19/h1-11,22H,12-17H2/b5-4-. The number of para-hydroxylation sites is 1. The average Bonchev–Trinajstić information content (AvgIpc) is 2.64. The summed E-state index contributed by atoms with van der Waals surface area (Å²) in [6.45, 7) is 5.87. The summed E-state index contributed by atoms with van der Waals surface area (Å²) in [4.78, 5) is 4.76. The molecule has 0 aliphatic carbocycles. The van der Waals surface area contributed by atoms with Crippen molar-refractivity contribution in [2.75, 3.05) is 49.5 Å². The molecule has 2 aromatic carbocycles. The molecule has 0 atom stereocenters. The highest BCUT2D eigenvalue weighted by molar-refractivity contribution is 5.46. The fourth-order valence-electron chi connectivity index (χ4n) is 2.88. The van der Waals surface area contributed by atoms with E-state index in [4.69, 9.17) is 0 Å². The molecule has 1 N–H and O–H groups in total. The third-order valence-electron chi connectivity index (χ3n) is 4.29. The predicted octanol–water partition coefficient (Wildman–Crippen LogP) is 3.62. The Bertz CT molecular complexity index is 632. The Balaban J connectivity index is 1.36. The van der Waals surface area contributed by atoms with Crippen LogP contribution in [-0.2, 0) is 0 Å². The summed E-state index contributed by atoms with van der Waals surface area (Å²) in [5.41, 5.74) is 2.26. The van der Waals surface area contributed by atoms with Gasteiger partial charge in [0.2, 0.25) is 0 Å². The van der Waals surface area contributed by atoms with Crippen LogP contribution in [-0.4, -0.2) is 44.2 Å². The zero-order valence-corrected chi connectivity index (χ0v) is 13.9. The summed E-state index contributed by atoms with van der Waals surface area (Å²) in [5.74, 6) is -0.174. The van der Waals surface area contributed by atoms with Crippen molar-refractivity contribution in [2.24, 2.45) is 0 Å². The van der Waals surface area contributed by atoms with Gasteiger partial charge < -0.3 is 10.2 Å². The molecule has 4 heteroatoms. The summed E-state index contributed by atoms with van der Waals surface area (Å²) < 4.78 is 13.0. The zero-order chi connectivity index (χ0) is 16.6. The Kier molecular flexibility index (Phi) is 5.85. The van der Waals surface area contributed by atoms with E-state index in [2.05, 4.69) is 39.4 Å². The average molecular weight is 325 g/mol. The molecule has 1 saturated heterocycles. The SMILES string of the molecule is Fc1ccc(N2CCN(C/C=C\CNc3ccccc3)CC2)cc1. The molecule has 0 unspecified atom stereocenters. The number of halogens is 1. The van der Waals surface area contributed by atoms with Crippen LogP contribution in [0.3, 0.4) is 0 Å². The Morgan fingerprint density at radius 2 is 1.58 bits per heavy atom. The highest BCUT2D eigenvalue weighted by Crippen LogP contribution is 2.16. The van der Waals surface area contributed by atoms with E-state index in [0.29, 0.717) is 0 Å². The quantitative estimate of drug-likeness (QED) is 0.819. The van der Waals surface area contributed by atoms with Gasteiger partial charge in [0.05, 0.1) is 0 Å². The molecule has 0 aromatic heterocycles. The van der Waals surface area contributed by atoms with Crippen molar-refractivity contribution in [3.05, 3.63) is 72.6 Å². The number of piperazine rings is 1. The molecule has 0 amide bonds. The number of nitrogens with zero attached hydrogens (tertiary/aromatic N) is 2. The molecular formula is C20H24FN3. The van der Waals surface area contributed by atoms with Crippen LogP contribution in [0.1, 0.15) is 0 Å². The van der Waals surface area contributed by atoms with Gasteiger partial charge in [0.15, 0.2) is 0 Å². The molecule has 1 fully saturated rings. The van der Waals surface area contributed by atoms with E-state index < -0.39 is 0 Å². The van der Waals surface area contributed by atoms with Gasteiger partial charge in [-0.3, -0.25) is 4.90 Å². The second-order valence-corrected chi connectivity index (χ2v) is 5.98. The molecule has 0 spiro atoms. The van der Waals surface area contributed by atoms with Crippen molar-refractivity contribution >= 4 is 11.4 Å². The van der Waals surface area contributed by atoms with Crippen LogP contribution in [0.4, 0.5) is 15.8 Å². The number of benzene rings is 2. The van der Waals surface area contributed by atoms with E-state index in [1.165, 1.54) is 12.1 Å². The van der Waals surface area contributed by atoms with E-state index >= 15 is 0 Å². The van der Waals surface area contributed by atoms with Crippen LogP contribution in [0.15, 0.2) is 66.7 Å². The third kappa shape index (κ3) is 4.83. The molecule has 1 aliphatic heterocycles. The largest absolute Gasteiger partial charge is 0.382 e. The number of rotatable bonds is 6. The molecule has 0 saturated carbocycles. The summed E-state index contributed by atoms with van der Waals surface area (Å²) in [6.07, 6.45) is 4.41. The smallest absolute Gasteiger partial charge is 0.123 e.